The maximum absolute atomic E-state index is 14.2. The molecular formula is C48H54N3O9P. The number of aliphatic hydroxyl groups is 4. The summed E-state index contributed by atoms with van der Waals surface area (Å²) in [7, 11) is 0.637. The molecule has 0 radical (unpaired) electrons. The number of ketones is 2. The summed E-state index contributed by atoms with van der Waals surface area (Å²) < 4.78 is 0. The topological polar surface area (TPSA) is 211 Å². The molecule has 320 valence electrons. The molecule has 7 rings (SSSR count). The van der Waals surface area contributed by atoms with Crippen molar-refractivity contribution < 1.29 is 44.7 Å². The Hall–Kier alpha value is -5.65. The third-order valence-electron chi connectivity index (χ3n) is 13.2. The quantitative estimate of drug-likeness (QED) is 0.0404. The number of aliphatic hydroxyl groups excluding tert-OH is 3. The molecule has 0 bridgehead atoms. The van der Waals surface area contributed by atoms with Crippen LogP contribution in [-0.4, -0.2) is 91.8 Å². The van der Waals surface area contributed by atoms with Crippen LogP contribution in [0, 0.1) is 11.8 Å². The number of fused-ring (bicyclic) bond motifs is 3. The SMILES string of the molecule is C[C@H]1c2ccc(NC(=O)CCCCCCC[PH](c3ccccc3)(c3ccccc3)c3ccccc3)c(O)c2C(=O)C2=C(O)[C@]3(O)C(=O)C(C(N)=O)=C(O)[C@@H](N(C)C)[C@@H]3[C@@H](O)[C@@H]21. The number of nitrogens with zero attached hydrogens (tertiary/aromatic N) is 1. The van der Waals surface area contributed by atoms with Gasteiger partial charge in [-0.1, -0.05) is 6.92 Å². The van der Waals surface area contributed by atoms with E-state index < -0.39 is 88.7 Å². The van der Waals surface area contributed by atoms with Crippen molar-refractivity contribution in [1.29, 1.82) is 0 Å². The number of nitrogens with two attached hydrogens (primary N) is 1. The fourth-order valence-corrected chi connectivity index (χ4v) is 15.2. The third kappa shape index (κ3) is 7.35. The van der Waals surface area contributed by atoms with Gasteiger partial charge in [-0.05, 0) is 25.6 Å². The number of primary amides is 1. The van der Waals surface area contributed by atoms with Gasteiger partial charge in [-0.3, -0.25) is 19.3 Å². The van der Waals surface area contributed by atoms with E-state index in [1.165, 1.54) is 41.0 Å². The van der Waals surface area contributed by atoms with Gasteiger partial charge >= 0.3 is 209 Å². The van der Waals surface area contributed by atoms with Gasteiger partial charge in [-0.15, -0.1) is 0 Å². The van der Waals surface area contributed by atoms with Crippen molar-refractivity contribution in [3.05, 3.63) is 137 Å². The normalized spacial score (nSPS) is 23.9. The Morgan fingerprint density at radius 1 is 0.787 bits per heavy atom. The van der Waals surface area contributed by atoms with Gasteiger partial charge in [-0.2, -0.15) is 0 Å². The van der Waals surface area contributed by atoms with Gasteiger partial charge < -0.3 is 26.2 Å². The average Bonchev–Trinajstić information content (AvgIpc) is 3.24. The van der Waals surface area contributed by atoms with E-state index in [1.807, 2.05) is 0 Å². The molecular weight excluding hydrogens is 794 g/mol. The van der Waals surface area contributed by atoms with Gasteiger partial charge in [0.2, 0.25) is 5.78 Å². The Labute approximate surface area is 355 Å². The summed E-state index contributed by atoms with van der Waals surface area (Å²) in [4.78, 5) is 54.8. The van der Waals surface area contributed by atoms with Crippen LogP contribution in [0.2, 0.25) is 0 Å². The van der Waals surface area contributed by atoms with Crippen LogP contribution in [-0.2, 0) is 14.4 Å². The molecule has 13 heteroatoms. The summed E-state index contributed by atoms with van der Waals surface area (Å²) in [6, 6.07) is 34.1. The Bertz CT molecular complexity index is 2310. The minimum atomic E-state index is -3.01. The zero-order valence-corrected chi connectivity index (χ0v) is 35.5. The fraction of sp³-hybridized carbons (Fsp3) is 0.333. The van der Waals surface area contributed by atoms with Gasteiger partial charge in [0.05, 0.1) is 18.1 Å². The molecule has 0 saturated carbocycles. The van der Waals surface area contributed by atoms with Crippen molar-refractivity contribution in [1.82, 2.24) is 4.90 Å². The molecule has 8 N–H and O–H groups in total. The third-order valence-corrected chi connectivity index (χ3v) is 18.2. The average molecular weight is 848 g/mol. The summed E-state index contributed by atoms with van der Waals surface area (Å²) in [5.74, 6) is -10.1. The Morgan fingerprint density at radius 2 is 1.31 bits per heavy atom. The van der Waals surface area contributed by atoms with E-state index in [4.69, 9.17) is 5.73 Å². The number of nitrogens with one attached hydrogen (secondary N) is 1. The number of phenols is 1. The number of anilines is 1. The summed E-state index contributed by atoms with van der Waals surface area (Å²) in [6.07, 6.45) is 3.87. The molecule has 3 aliphatic rings. The number of hydrogen-bond donors (Lipinski definition) is 7. The number of unbranched alkanes of at least 4 members (excludes halogenated alkanes) is 4. The van der Waals surface area contributed by atoms with Gasteiger partial charge in [-0.25, -0.2) is 0 Å². The number of hydrogen-bond acceptors (Lipinski definition) is 10. The Morgan fingerprint density at radius 3 is 1.84 bits per heavy atom. The first kappa shape index (κ1) is 43.4. The number of amides is 2. The number of likely N-dealkylation sites (N-methyl/N-ethyl adjacent to an activating group) is 1. The first-order valence-electron chi connectivity index (χ1n) is 20.8. The first-order valence-corrected chi connectivity index (χ1v) is 23.0. The molecule has 61 heavy (non-hydrogen) atoms. The molecule has 0 unspecified atom stereocenters. The van der Waals surface area contributed by atoms with Gasteiger partial charge in [0, 0.05) is 11.5 Å². The van der Waals surface area contributed by atoms with Crippen molar-refractivity contribution in [3.8, 4) is 5.75 Å². The predicted octanol–water partition coefficient (Wildman–Crippen LogP) is 4.66. The van der Waals surface area contributed by atoms with E-state index >= 15 is 0 Å². The second kappa shape index (κ2) is 17.4. The number of benzene rings is 4. The molecule has 4 aromatic carbocycles. The summed E-state index contributed by atoms with van der Waals surface area (Å²) >= 11 is 0. The number of Topliss-reactive ketones (excluding diaryl/α,β-unsaturated/α-hetero) is 2. The zero-order valence-electron chi connectivity index (χ0n) is 34.5. The molecule has 0 fully saturated rings. The summed E-state index contributed by atoms with van der Waals surface area (Å²) in [6.45, 7) is 1.65. The fourth-order valence-electron chi connectivity index (χ4n) is 10.2. The van der Waals surface area contributed by atoms with Crippen LogP contribution in [0.3, 0.4) is 0 Å². The summed E-state index contributed by atoms with van der Waals surface area (Å²) in [5.41, 5.74) is 0.939. The second-order valence-electron chi connectivity index (χ2n) is 16.8. The van der Waals surface area contributed by atoms with E-state index in [9.17, 15) is 44.7 Å². The van der Waals surface area contributed by atoms with Crippen LogP contribution in [0.5, 0.6) is 5.75 Å². The number of carbonyl (C=O) groups is 4. The molecule has 0 spiro atoms. The minimum Gasteiger partial charge on any atom is -0.510 e. The van der Waals surface area contributed by atoms with Crippen LogP contribution < -0.4 is 27.0 Å². The molecule has 0 heterocycles. The molecule has 0 saturated heterocycles. The van der Waals surface area contributed by atoms with Crippen LogP contribution >= 0.6 is 7.26 Å². The van der Waals surface area contributed by atoms with Gasteiger partial charge in [0.15, 0.2) is 11.4 Å². The van der Waals surface area contributed by atoms with Gasteiger partial charge in [0.25, 0.3) is 5.91 Å². The van der Waals surface area contributed by atoms with E-state index in [0.29, 0.717) is 12.0 Å². The van der Waals surface area contributed by atoms with Crippen LogP contribution in [0.25, 0.3) is 0 Å². The molecule has 6 atom stereocenters. The number of phenolic OH excluding ortho intramolecular Hbond substituents is 1. The minimum absolute atomic E-state index is 0.0369. The van der Waals surface area contributed by atoms with Crippen LogP contribution in [0.4, 0.5) is 5.69 Å². The van der Waals surface area contributed by atoms with Gasteiger partial charge in [0.1, 0.15) is 17.1 Å². The van der Waals surface area contributed by atoms with E-state index in [0.717, 1.165) is 31.8 Å². The molecule has 2 amide bonds. The maximum atomic E-state index is 14.2. The second-order valence-corrected chi connectivity index (χ2v) is 20.8. The van der Waals surface area contributed by atoms with Crippen LogP contribution in [0.15, 0.2) is 126 Å². The van der Waals surface area contributed by atoms with E-state index in [-0.39, 0.29) is 23.6 Å². The van der Waals surface area contributed by atoms with E-state index in [1.54, 1.807) is 13.0 Å². The van der Waals surface area contributed by atoms with Crippen molar-refractivity contribution >= 4 is 52.2 Å². The molecule has 12 nitrogen and oxygen atoms in total. The zero-order chi connectivity index (χ0) is 43.8. The number of carbonyl (C=O) groups excluding carboxylic acids is 4. The molecule has 0 aliphatic heterocycles. The van der Waals surface area contributed by atoms with Crippen molar-refractivity contribution in [3.63, 3.8) is 0 Å². The molecule has 3 aliphatic carbocycles. The summed E-state index contributed by atoms with van der Waals surface area (Å²) in [5, 5.41) is 64.8. The number of aromatic hydroxyl groups is 1. The monoisotopic (exact) mass is 847 g/mol. The predicted molar refractivity (Wildman–Crippen MR) is 238 cm³/mol. The smallest absolute Gasteiger partial charge is 0.510 e. The van der Waals surface area contributed by atoms with Crippen LogP contribution in [0.1, 0.15) is 67.3 Å². The first-order chi connectivity index (χ1) is 29.2. The van der Waals surface area contributed by atoms with Crippen molar-refractivity contribution in [2.75, 3.05) is 25.6 Å². The Kier molecular flexibility index (Phi) is 12.4. The molecule has 0 aromatic heterocycles. The van der Waals surface area contributed by atoms with Crippen molar-refractivity contribution in [2.24, 2.45) is 17.6 Å². The van der Waals surface area contributed by atoms with E-state index in [2.05, 4.69) is 96.3 Å². The standard InChI is InChI=1S/C48H54N3O9P/c1-28-32-25-26-33(41(53)36(32)42(54)37-35(28)43(55)39-40(51(2)3)44(56)38(47(49)59)46(58)48(39,60)45(37)57)50-34(52)24-16-5-4-6-17-27-61(29-18-10-7-11-19-29,30-20-12-8-13-21-30)31-22-14-9-15-23-31/h7-15,18-23,25-26,28,35,39-40,43,53,55-57,60-61H,4-6,16-17,24,27H2,1-3H3,(H2,49,59)(H,50,52)/t28-,35+,39+,40-,43-,48-/m0/s1. The Balaban J connectivity index is 1.03. The number of rotatable bonds is 14. The van der Waals surface area contributed by atoms with Crippen molar-refractivity contribution in [2.45, 2.75) is 69.1 Å². The molecule has 4 aromatic rings.